The van der Waals surface area contributed by atoms with E-state index >= 15 is 13.2 Å². The number of halogens is 3. The number of aliphatic hydroxyl groups excluding tert-OH is 1. The first-order valence-electron chi connectivity index (χ1n) is 21.5. The number of fused-ring (bicyclic) bond motifs is 2. The molecule has 2 aromatic heterocycles. The van der Waals surface area contributed by atoms with Crippen molar-refractivity contribution >= 4 is 55.6 Å². The van der Waals surface area contributed by atoms with Crippen LogP contribution in [0.4, 0.5) is 29.5 Å². The van der Waals surface area contributed by atoms with Gasteiger partial charge in [0.15, 0.2) is 17.4 Å². The monoisotopic (exact) mass is 916 g/mol. The number of anilines is 2. The molecule has 3 saturated heterocycles. The van der Waals surface area contributed by atoms with Crippen LogP contribution in [-0.2, 0) is 26.8 Å². The van der Waals surface area contributed by atoms with Gasteiger partial charge < -0.3 is 14.6 Å². The molecule has 9 rings (SSSR count). The van der Waals surface area contributed by atoms with Gasteiger partial charge in [0.25, 0.3) is 0 Å². The molecular weight excluding hydrogens is 870 g/mol. The fourth-order valence-corrected chi connectivity index (χ4v) is 10.6. The number of likely N-dealkylation sites (tertiary alicyclic amines) is 1. The van der Waals surface area contributed by atoms with Crippen LogP contribution in [0.1, 0.15) is 73.6 Å². The predicted molar refractivity (Wildman–Crippen MR) is 231 cm³/mol. The van der Waals surface area contributed by atoms with Gasteiger partial charge in [0.2, 0.25) is 5.91 Å². The van der Waals surface area contributed by atoms with E-state index in [1.54, 1.807) is 42.2 Å². The smallest absolute Gasteiger partial charge is 0.329 e. The fraction of sp³-hybridized carbons (Fsp3) is 0.455. The third kappa shape index (κ3) is 8.56. The molecular formula is C44H47F3N10O7S. The maximum atomic E-state index is 16.1. The van der Waals surface area contributed by atoms with Gasteiger partial charge in [0.1, 0.15) is 29.4 Å². The summed E-state index contributed by atoms with van der Waals surface area (Å²) in [7, 11) is -1.22. The number of nitrogens with one attached hydrogen (secondary N) is 2. The van der Waals surface area contributed by atoms with Crippen LogP contribution in [0.15, 0.2) is 48.7 Å². The first kappa shape index (κ1) is 44.3. The molecule has 4 aliphatic rings. The molecule has 65 heavy (non-hydrogen) atoms. The normalized spacial score (nSPS) is 22.8. The fourth-order valence-electron chi connectivity index (χ4n) is 9.71. The Balaban J connectivity index is 0.829. The van der Waals surface area contributed by atoms with E-state index in [2.05, 4.69) is 25.0 Å². The largest absolute Gasteiger partial charge is 0.453 e. The number of imide groups is 1. The number of benzene rings is 3. The summed E-state index contributed by atoms with van der Waals surface area (Å²) in [6, 6.07) is 10.8. The van der Waals surface area contributed by atoms with Crippen molar-refractivity contribution in [2.45, 2.75) is 74.6 Å². The number of ether oxygens (including phenoxy) is 2. The lowest BCUT2D eigenvalue weighted by atomic mass is 9.78. The zero-order valence-corrected chi connectivity index (χ0v) is 36.5. The summed E-state index contributed by atoms with van der Waals surface area (Å²) in [5.41, 5.74) is 1.75. The molecule has 17 nitrogen and oxygen atoms in total. The van der Waals surface area contributed by atoms with Crippen LogP contribution in [0.25, 0.3) is 21.9 Å². The summed E-state index contributed by atoms with van der Waals surface area (Å²) in [6.07, 6.45) is 4.08. The quantitative estimate of drug-likeness (QED) is 0.150. The number of hydrogen-bond donors (Lipinski definition) is 3. The minimum absolute atomic E-state index is 0.0763. The minimum Gasteiger partial charge on any atom is -0.453 e. The second kappa shape index (κ2) is 17.5. The Kier molecular flexibility index (Phi) is 11.9. The minimum atomic E-state index is -4.17. The van der Waals surface area contributed by atoms with Crippen molar-refractivity contribution in [2.75, 3.05) is 56.1 Å². The molecule has 1 aliphatic carbocycles. The average Bonchev–Trinajstić information content (AvgIpc) is 3.84. The van der Waals surface area contributed by atoms with Gasteiger partial charge >= 0.3 is 16.2 Å². The van der Waals surface area contributed by atoms with E-state index in [0.717, 1.165) is 16.4 Å². The van der Waals surface area contributed by atoms with E-state index in [4.69, 9.17) is 19.6 Å². The summed E-state index contributed by atoms with van der Waals surface area (Å²) in [4.78, 5) is 37.2. The van der Waals surface area contributed by atoms with Crippen molar-refractivity contribution in [1.82, 2.24) is 34.3 Å². The Bertz CT molecular complexity index is 2850. The summed E-state index contributed by atoms with van der Waals surface area (Å²) in [5.74, 6) is -2.23. The van der Waals surface area contributed by atoms with Crippen LogP contribution in [0.2, 0.25) is 0 Å². The molecule has 0 bridgehead atoms. The molecule has 3 aliphatic heterocycles. The zero-order chi connectivity index (χ0) is 45.8. The number of piperidine rings is 1. The zero-order valence-electron chi connectivity index (χ0n) is 35.6. The highest BCUT2D eigenvalue weighted by molar-refractivity contribution is 7.90. The van der Waals surface area contributed by atoms with E-state index in [1.807, 2.05) is 6.07 Å². The van der Waals surface area contributed by atoms with E-state index in [-0.39, 0.29) is 72.5 Å². The molecule has 5 aromatic rings. The lowest BCUT2D eigenvalue weighted by Gasteiger charge is -2.45. The third-order valence-corrected chi connectivity index (χ3v) is 14.8. The topological polar surface area (TPSA) is 208 Å². The van der Waals surface area contributed by atoms with Crippen LogP contribution >= 0.6 is 0 Å². The Morgan fingerprint density at radius 1 is 1.08 bits per heavy atom. The number of aryl methyl sites for hydroxylation is 1. The summed E-state index contributed by atoms with van der Waals surface area (Å²) >= 11 is 0. The first-order chi connectivity index (χ1) is 31.2. The second-order valence-corrected chi connectivity index (χ2v) is 19.0. The number of rotatable bonds is 11. The first-order valence-corrected chi connectivity index (χ1v) is 22.9. The molecule has 0 radical (unpaired) electrons. The van der Waals surface area contributed by atoms with Crippen LogP contribution in [0.3, 0.4) is 0 Å². The summed E-state index contributed by atoms with van der Waals surface area (Å²) < 4.78 is 89.6. The Morgan fingerprint density at radius 2 is 1.88 bits per heavy atom. The number of amides is 3. The number of aromatic nitrogens is 4. The molecule has 5 heterocycles. The number of carbonyl (C=O) groups is 2. The Hall–Kier alpha value is -5.92. The maximum Gasteiger partial charge on any atom is 0.329 e. The number of alkyl halides is 1. The highest BCUT2D eigenvalue weighted by Crippen LogP contribution is 2.45. The van der Waals surface area contributed by atoms with Gasteiger partial charge in [-0.3, -0.25) is 34.3 Å². The number of carbonyl (C=O) groups excluding carboxylic acids is 2. The summed E-state index contributed by atoms with van der Waals surface area (Å²) in [5, 5.41) is 26.3. The number of aliphatic hydroxyl groups is 1. The van der Waals surface area contributed by atoms with E-state index < -0.39 is 52.0 Å². The van der Waals surface area contributed by atoms with Gasteiger partial charge in [-0.05, 0) is 86.4 Å². The van der Waals surface area contributed by atoms with Crippen molar-refractivity contribution in [3.05, 3.63) is 77.1 Å². The van der Waals surface area contributed by atoms with Gasteiger partial charge in [-0.15, -0.1) is 0 Å². The molecule has 4 fully saturated rings. The predicted octanol–water partition coefficient (Wildman–Crippen LogP) is 5.50. The molecule has 4 atom stereocenters. The second-order valence-electron chi connectivity index (χ2n) is 17.2. The lowest BCUT2D eigenvalue weighted by molar-refractivity contribution is -0.120. The number of nitriles is 1. The molecule has 3 aromatic carbocycles. The van der Waals surface area contributed by atoms with Gasteiger partial charge in [0, 0.05) is 76.3 Å². The van der Waals surface area contributed by atoms with Crippen molar-refractivity contribution in [2.24, 2.45) is 7.05 Å². The number of nitrogens with zero attached hydrogens (tertiary/aromatic N) is 8. The van der Waals surface area contributed by atoms with Crippen molar-refractivity contribution in [3.63, 3.8) is 0 Å². The molecule has 4 unspecified atom stereocenters. The van der Waals surface area contributed by atoms with Crippen molar-refractivity contribution in [1.29, 1.82) is 5.26 Å². The SMILES string of the molecule is CN(CCO)S(=O)(=O)Nc1ccc(F)c(Oc2ccc3ncc(C4COC5(CCN(C6CCC(c7cc8c(cc7F)c(N7CCC(=O)NC7=O)nn8C)CC6F)CC5)C4)nc3c2)c1C#N. The van der Waals surface area contributed by atoms with Gasteiger partial charge in [-0.25, -0.2) is 22.9 Å². The van der Waals surface area contributed by atoms with Crippen LogP contribution in [0.5, 0.6) is 11.5 Å². The van der Waals surface area contributed by atoms with E-state index in [9.17, 15) is 23.3 Å². The number of hydrogen-bond acceptors (Lipinski definition) is 12. The maximum absolute atomic E-state index is 16.1. The van der Waals surface area contributed by atoms with E-state index in [1.165, 1.54) is 18.0 Å². The van der Waals surface area contributed by atoms with Crippen LogP contribution < -0.4 is 19.7 Å². The van der Waals surface area contributed by atoms with Crippen LogP contribution in [-0.4, -0.2) is 119 Å². The van der Waals surface area contributed by atoms with Gasteiger partial charge in [-0.1, -0.05) is 0 Å². The molecule has 21 heteroatoms. The third-order valence-electron chi connectivity index (χ3n) is 13.3. The van der Waals surface area contributed by atoms with Crippen molar-refractivity contribution < 1.29 is 45.8 Å². The lowest BCUT2D eigenvalue weighted by Crippen LogP contribution is -2.52. The molecule has 1 saturated carbocycles. The standard InChI is InChI=1S/C44H47F3N10O7S/c1-54(15-16-58)65(61,62)53-34-7-5-31(45)41(30(34)22-48)64-27-4-6-35-36(18-27)50-37(23-49-35)26-21-44(63-24-26)10-13-56(14-11-44)38-8-3-25(17-33(38)47)28-20-39-29(19-32(28)46)42(52-55(39)2)57-12-9-40(59)51-43(57)60/h4-7,18-20,23,25-26,33,38,53,58H,3,8-17,21,24H2,1-2H3,(H,51,59,60). The van der Waals surface area contributed by atoms with E-state index in [0.29, 0.717) is 85.0 Å². The highest BCUT2D eigenvalue weighted by Gasteiger charge is 2.46. The molecule has 1 spiro atoms. The number of likely N-dealkylation sites (N-methyl/N-ethyl adjacent to an activating group) is 1. The van der Waals surface area contributed by atoms with Gasteiger partial charge in [-0.2, -0.15) is 23.1 Å². The molecule has 3 amide bonds. The Labute approximate surface area is 372 Å². The number of urea groups is 1. The summed E-state index contributed by atoms with van der Waals surface area (Å²) in [6.45, 7) is 1.21. The highest BCUT2D eigenvalue weighted by atomic mass is 32.2. The molecule has 3 N–H and O–H groups in total. The molecule has 342 valence electrons. The average molecular weight is 917 g/mol. The Morgan fingerprint density at radius 3 is 2.62 bits per heavy atom. The van der Waals surface area contributed by atoms with Crippen LogP contribution in [0, 0.1) is 23.0 Å². The van der Waals surface area contributed by atoms with Gasteiger partial charge in [0.05, 0.1) is 46.7 Å². The van der Waals surface area contributed by atoms with Crippen molar-refractivity contribution in [3.8, 4) is 17.6 Å².